The lowest BCUT2D eigenvalue weighted by molar-refractivity contribution is -0.105. The monoisotopic (exact) mass is 172 g/mol. The Labute approximate surface area is 73.3 Å². The Morgan fingerprint density at radius 1 is 1.45 bits per heavy atom. The van der Waals surface area contributed by atoms with E-state index in [9.17, 15) is 4.79 Å². The van der Waals surface area contributed by atoms with Gasteiger partial charge in [-0.25, -0.2) is 0 Å². The molecule has 0 amide bonds. The van der Waals surface area contributed by atoms with Crippen LogP contribution in [0, 0.1) is 0 Å². The molecule has 11 heavy (non-hydrogen) atoms. The molecule has 0 aromatic heterocycles. The van der Waals surface area contributed by atoms with E-state index in [2.05, 4.69) is 6.92 Å². The van der Waals surface area contributed by atoms with E-state index in [0.717, 1.165) is 24.7 Å². The lowest BCUT2D eigenvalue weighted by atomic mass is 10.1. The van der Waals surface area contributed by atoms with Crippen LogP contribution < -0.4 is 0 Å². The fourth-order valence-electron chi connectivity index (χ4n) is 0.876. The van der Waals surface area contributed by atoms with E-state index in [1.54, 1.807) is 11.8 Å². The Balaban J connectivity index is 3.52. The van der Waals surface area contributed by atoms with Crippen LogP contribution in [0.1, 0.15) is 32.6 Å². The first-order valence-corrected chi connectivity index (χ1v) is 5.31. The van der Waals surface area contributed by atoms with E-state index in [0.29, 0.717) is 0 Å². The van der Waals surface area contributed by atoms with Gasteiger partial charge in [-0.2, -0.15) is 0 Å². The van der Waals surface area contributed by atoms with Gasteiger partial charge < -0.3 is 0 Å². The number of hydrogen-bond acceptors (Lipinski definition) is 2. The number of rotatable bonds is 6. The van der Waals surface area contributed by atoms with E-state index >= 15 is 0 Å². The predicted molar refractivity (Wildman–Crippen MR) is 51.8 cm³/mol. The second-order valence-corrected chi connectivity index (χ2v) is 3.21. The summed E-state index contributed by atoms with van der Waals surface area (Å²) in [5, 5.41) is 1.93. The van der Waals surface area contributed by atoms with Crippen LogP contribution in [0.5, 0.6) is 0 Å². The second-order valence-electron chi connectivity index (χ2n) is 2.50. The summed E-state index contributed by atoms with van der Waals surface area (Å²) >= 11 is 1.60. The molecule has 0 saturated heterocycles. The van der Waals surface area contributed by atoms with Gasteiger partial charge in [0, 0.05) is 0 Å². The van der Waals surface area contributed by atoms with Gasteiger partial charge in [-0.1, -0.05) is 19.8 Å². The maximum absolute atomic E-state index is 10.4. The summed E-state index contributed by atoms with van der Waals surface area (Å²) in [5.41, 5.74) is 0.936. The minimum absolute atomic E-state index is 0.936. The summed E-state index contributed by atoms with van der Waals surface area (Å²) in [6, 6.07) is 0. The summed E-state index contributed by atoms with van der Waals surface area (Å²) in [6.07, 6.45) is 7.46. The highest BCUT2D eigenvalue weighted by Gasteiger charge is 1.93. The molecule has 0 radical (unpaired) electrons. The van der Waals surface area contributed by atoms with Gasteiger partial charge in [-0.3, -0.25) is 4.79 Å². The Kier molecular flexibility index (Phi) is 7.69. The van der Waals surface area contributed by atoms with Crippen molar-refractivity contribution in [3.8, 4) is 0 Å². The Morgan fingerprint density at radius 2 is 2.18 bits per heavy atom. The van der Waals surface area contributed by atoms with E-state index in [1.165, 1.54) is 12.8 Å². The van der Waals surface area contributed by atoms with E-state index in [4.69, 9.17) is 0 Å². The van der Waals surface area contributed by atoms with E-state index < -0.39 is 0 Å². The summed E-state index contributed by atoms with van der Waals surface area (Å²) in [7, 11) is 0. The molecule has 0 saturated carbocycles. The van der Waals surface area contributed by atoms with Gasteiger partial charge in [-0.05, 0) is 30.1 Å². The predicted octanol–water partition coefficient (Wildman–Crippen LogP) is 3.01. The number of thioether (sulfide) groups is 1. The fourth-order valence-corrected chi connectivity index (χ4v) is 1.35. The van der Waals surface area contributed by atoms with Crippen LogP contribution in [0.25, 0.3) is 0 Å². The molecule has 0 atom stereocenters. The lowest BCUT2D eigenvalue weighted by Crippen LogP contribution is -1.84. The van der Waals surface area contributed by atoms with Gasteiger partial charge in [-0.15, -0.1) is 11.8 Å². The molecule has 0 heterocycles. The second kappa shape index (κ2) is 7.86. The zero-order valence-corrected chi connectivity index (χ0v) is 8.12. The van der Waals surface area contributed by atoms with Crippen molar-refractivity contribution >= 4 is 18.0 Å². The zero-order chi connectivity index (χ0) is 8.53. The normalized spacial score (nSPS) is 11.6. The smallest absolute Gasteiger partial charge is 0.146 e. The van der Waals surface area contributed by atoms with Crippen LogP contribution in [0.4, 0.5) is 0 Å². The van der Waals surface area contributed by atoms with Crippen molar-refractivity contribution in [2.24, 2.45) is 0 Å². The van der Waals surface area contributed by atoms with Crippen molar-refractivity contribution in [1.82, 2.24) is 0 Å². The fraction of sp³-hybridized carbons (Fsp3) is 0.667. The van der Waals surface area contributed by atoms with Crippen molar-refractivity contribution in [1.29, 1.82) is 0 Å². The number of carbonyl (C=O) groups excluding carboxylic acids is 1. The molecule has 0 aliphatic carbocycles. The average molecular weight is 172 g/mol. The number of hydrogen-bond donors (Lipinski definition) is 0. The Bertz CT molecular complexity index is 130. The maximum atomic E-state index is 10.4. The Morgan fingerprint density at radius 3 is 2.64 bits per heavy atom. The van der Waals surface area contributed by atoms with Gasteiger partial charge in [0.2, 0.25) is 0 Å². The lowest BCUT2D eigenvalue weighted by Gasteiger charge is -1.96. The minimum atomic E-state index is 0.936. The number of aldehydes is 1. The highest BCUT2D eigenvalue weighted by molar-refractivity contribution is 8.01. The van der Waals surface area contributed by atoms with Crippen molar-refractivity contribution in [3.05, 3.63) is 11.0 Å². The number of allylic oxidation sites excluding steroid dienone is 1. The third-order valence-electron chi connectivity index (χ3n) is 1.49. The standard InChI is InChI=1S/C9H16OS/c1-3-4-5-6-9(7-10)8-11-2/h7-8H,3-6H2,1-2H3/b9-8-. The van der Waals surface area contributed by atoms with Crippen LogP contribution in [0.15, 0.2) is 11.0 Å². The van der Waals surface area contributed by atoms with Crippen LogP contribution >= 0.6 is 11.8 Å². The van der Waals surface area contributed by atoms with Gasteiger partial charge in [0.15, 0.2) is 0 Å². The summed E-state index contributed by atoms with van der Waals surface area (Å²) < 4.78 is 0. The van der Waals surface area contributed by atoms with Crippen molar-refractivity contribution in [2.45, 2.75) is 32.6 Å². The van der Waals surface area contributed by atoms with E-state index in [-0.39, 0.29) is 0 Å². The van der Waals surface area contributed by atoms with E-state index in [1.807, 2.05) is 11.7 Å². The molecule has 1 nitrogen and oxygen atoms in total. The number of carbonyl (C=O) groups is 1. The maximum Gasteiger partial charge on any atom is 0.146 e. The SMILES string of the molecule is CCCCC/C(C=O)=C/SC. The first-order valence-electron chi connectivity index (χ1n) is 4.02. The molecule has 0 fully saturated rings. The highest BCUT2D eigenvalue weighted by Crippen LogP contribution is 2.10. The molecule has 0 aromatic carbocycles. The van der Waals surface area contributed by atoms with Crippen LogP contribution in [-0.4, -0.2) is 12.5 Å². The molecule has 0 N–H and O–H groups in total. The number of unbranched alkanes of at least 4 members (excludes halogenated alkanes) is 2. The van der Waals surface area contributed by atoms with Gasteiger partial charge in [0.1, 0.15) is 6.29 Å². The summed E-state index contributed by atoms with van der Waals surface area (Å²) in [6.45, 7) is 2.17. The van der Waals surface area contributed by atoms with Crippen molar-refractivity contribution in [3.63, 3.8) is 0 Å². The van der Waals surface area contributed by atoms with Crippen LogP contribution in [0.2, 0.25) is 0 Å². The minimum Gasteiger partial charge on any atom is -0.298 e. The molecule has 0 aliphatic heterocycles. The highest BCUT2D eigenvalue weighted by atomic mass is 32.2. The third-order valence-corrected chi connectivity index (χ3v) is 2.03. The molecule has 0 aliphatic rings. The van der Waals surface area contributed by atoms with Gasteiger partial charge >= 0.3 is 0 Å². The molecule has 0 aromatic rings. The van der Waals surface area contributed by atoms with Gasteiger partial charge in [0.25, 0.3) is 0 Å². The van der Waals surface area contributed by atoms with Crippen molar-refractivity contribution < 1.29 is 4.79 Å². The molecule has 0 rings (SSSR count). The molecule has 2 heteroatoms. The average Bonchev–Trinajstić information content (AvgIpc) is 2.03. The largest absolute Gasteiger partial charge is 0.298 e. The summed E-state index contributed by atoms with van der Waals surface area (Å²) in [5.74, 6) is 0. The molecule has 0 bridgehead atoms. The molecule has 0 spiro atoms. The first kappa shape index (κ1) is 10.8. The summed E-state index contributed by atoms with van der Waals surface area (Å²) in [4.78, 5) is 10.4. The molecular weight excluding hydrogens is 156 g/mol. The van der Waals surface area contributed by atoms with Crippen LogP contribution in [-0.2, 0) is 4.79 Å². The molecular formula is C9H16OS. The third kappa shape index (κ3) is 6.17. The topological polar surface area (TPSA) is 17.1 Å². The molecule has 64 valence electrons. The zero-order valence-electron chi connectivity index (χ0n) is 7.30. The Hall–Kier alpha value is -0.240. The first-order chi connectivity index (χ1) is 5.35. The quantitative estimate of drug-likeness (QED) is 0.348. The van der Waals surface area contributed by atoms with Crippen molar-refractivity contribution in [2.75, 3.05) is 6.26 Å². The van der Waals surface area contributed by atoms with Crippen LogP contribution in [0.3, 0.4) is 0 Å². The molecule has 0 unspecified atom stereocenters. The van der Waals surface area contributed by atoms with Gasteiger partial charge in [0.05, 0.1) is 0 Å².